The third-order valence-electron chi connectivity index (χ3n) is 4.64. The average Bonchev–Trinajstić information content (AvgIpc) is 2.57. The maximum absolute atomic E-state index is 9.41. The van der Waals surface area contributed by atoms with E-state index in [1.165, 1.54) is 5.56 Å². The van der Waals surface area contributed by atoms with E-state index in [-0.39, 0.29) is 6.61 Å². The normalized spacial score (nSPS) is 19.7. The lowest BCUT2D eigenvalue weighted by Gasteiger charge is -2.42. The van der Waals surface area contributed by atoms with Crippen molar-refractivity contribution in [2.24, 2.45) is 5.92 Å². The fraction of sp³-hybridized carbons (Fsp3) is 0.684. The highest BCUT2D eigenvalue weighted by atomic mass is 16.5. The summed E-state index contributed by atoms with van der Waals surface area (Å²) < 4.78 is 10.8. The predicted molar refractivity (Wildman–Crippen MR) is 96.7 cm³/mol. The molecule has 0 aliphatic carbocycles. The Morgan fingerprint density at radius 3 is 2.62 bits per heavy atom. The molecule has 1 fully saturated rings. The van der Waals surface area contributed by atoms with Gasteiger partial charge in [-0.25, -0.2) is 0 Å². The Labute approximate surface area is 146 Å². The van der Waals surface area contributed by atoms with Gasteiger partial charge in [0.2, 0.25) is 0 Å². The van der Waals surface area contributed by atoms with Gasteiger partial charge in [0.15, 0.2) is 0 Å². The first-order valence-corrected chi connectivity index (χ1v) is 8.85. The zero-order valence-electron chi connectivity index (χ0n) is 15.5. The second-order valence-electron chi connectivity index (χ2n) is 6.97. The number of aliphatic hydroxyl groups is 1. The van der Waals surface area contributed by atoms with Crippen LogP contribution in [0.15, 0.2) is 18.2 Å². The van der Waals surface area contributed by atoms with E-state index in [4.69, 9.17) is 9.47 Å². The third-order valence-corrected chi connectivity index (χ3v) is 4.64. The van der Waals surface area contributed by atoms with Crippen molar-refractivity contribution in [2.75, 3.05) is 47.0 Å². The SMILES string of the molecule is COc1ccc(CN2CCN(CC(C)C)[C@@H](CCO)C2)c(OC)c1. The molecule has 0 aromatic heterocycles. The van der Waals surface area contributed by atoms with Crippen LogP contribution in [0, 0.1) is 5.92 Å². The van der Waals surface area contributed by atoms with Crippen molar-refractivity contribution < 1.29 is 14.6 Å². The number of rotatable bonds is 8. The quantitative estimate of drug-likeness (QED) is 0.789. The van der Waals surface area contributed by atoms with Crippen LogP contribution >= 0.6 is 0 Å². The molecule has 1 N–H and O–H groups in total. The van der Waals surface area contributed by atoms with E-state index in [0.717, 1.165) is 50.6 Å². The summed E-state index contributed by atoms with van der Waals surface area (Å²) in [5.74, 6) is 2.34. The van der Waals surface area contributed by atoms with Gasteiger partial charge in [-0.05, 0) is 18.4 Å². The molecule has 0 saturated carbocycles. The lowest BCUT2D eigenvalue weighted by molar-refractivity contribution is 0.0473. The van der Waals surface area contributed by atoms with Gasteiger partial charge in [0, 0.05) is 57.0 Å². The third kappa shape index (κ3) is 5.10. The molecule has 1 saturated heterocycles. The summed E-state index contributed by atoms with van der Waals surface area (Å²) in [5.41, 5.74) is 1.18. The Morgan fingerprint density at radius 1 is 1.21 bits per heavy atom. The highest BCUT2D eigenvalue weighted by Crippen LogP contribution is 2.27. The van der Waals surface area contributed by atoms with Crippen molar-refractivity contribution in [3.8, 4) is 11.5 Å². The molecule has 0 unspecified atom stereocenters. The minimum absolute atomic E-state index is 0.249. The van der Waals surface area contributed by atoms with E-state index < -0.39 is 0 Å². The van der Waals surface area contributed by atoms with E-state index in [2.05, 4.69) is 29.7 Å². The molecule has 0 radical (unpaired) electrons. The first-order chi connectivity index (χ1) is 11.6. The number of methoxy groups -OCH3 is 2. The average molecular weight is 336 g/mol. The molecule has 1 aromatic rings. The zero-order valence-corrected chi connectivity index (χ0v) is 15.5. The smallest absolute Gasteiger partial charge is 0.127 e. The Morgan fingerprint density at radius 2 is 2.00 bits per heavy atom. The summed E-state index contributed by atoms with van der Waals surface area (Å²) in [7, 11) is 3.37. The van der Waals surface area contributed by atoms with E-state index in [9.17, 15) is 5.11 Å². The van der Waals surface area contributed by atoms with Gasteiger partial charge in [-0.1, -0.05) is 19.9 Å². The van der Waals surface area contributed by atoms with E-state index in [1.54, 1.807) is 14.2 Å². The monoisotopic (exact) mass is 336 g/mol. The Hall–Kier alpha value is -1.30. The van der Waals surface area contributed by atoms with Crippen molar-refractivity contribution in [3.05, 3.63) is 23.8 Å². The maximum atomic E-state index is 9.41. The molecule has 5 heteroatoms. The molecule has 0 amide bonds. The van der Waals surface area contributed by atoms with Gasteiger partial charge in [0.1, 0.15) is 11.5 Å². The highest BCUT2D eigenvalue weighted by Gasteiger charge is 2.27. The molecular formula is C19H32N2O3. The molecular weight excluding hydrogens is 304 g/mol. The van der Waals surface area contributed by atoms with Crippen LogP contribution in [-0.2, 0) is 6.54 Å². The number of ether oxygens (including phenoxy) is 2. The molecule has 2 rings (SSSR count). The molecule has 1 heterocycles. The molecule has 0 bridgehead atoms. The number of aliphatic hydroxyl groups excluding tert-OH is 1. The van der Waals surface area contributed by atoms with Gasteiger partial charge >= 0.3 is 0 Å². The molecule has 1 atom stereocenters. The minimum atomic E-state index is 0.249. The van der Waals surface area contributed by atoms with Gasteiger partial charge in [-0.3, -0.25) is 9.80 Å². The molecule has 24 heavy (non-hydrogen) atoms. The first-order valence-electron chi connectivity index (χ1n) is 8.85. The molecule has 136 valence electrons. The number of hydrogen-bond acceptors (Lipinski definition) is 5. The lowest BCUT2D eigenvalue weighted by Crippen LogP contribution is -2.53. The second kappa shape index (κ2) is 9.25. The highest BCUT2D eigenvalue weighted by molar-refractivity contribution is 5.40. The summed E-state index contributed by atoms with van der Waals surface area (Å²) >= 11 is 0. The number of hydrogen-bond donors (Lipinski definition) is 1. The predicted octanol–water partition coefficient (Wildman–Crippen LogP) is 2.23. The van der Waals surface area contributed by atoms with Crippen molar-refractivity contribution in [1.82, 2.24) is 9.80 Å². The van der Waals surface area contributed by atoms with Crippen molar-refractivity contribution in [2.45, 2.75) is 32.9 Å². The van der Waals surface area contributed by atoms with Crippen LogP contribution < -0.4 is 9.47 Å². The summed E-state index contributed by atoms with van der Waals surface area (Å²) in [5, 5.41) is 9.41. The van der Waals surface area contributed by atoms with Gasteiger partial charge < -0.3 is 14.6 Å². The van der Waals surface area contributed by atoms with Crippen LogP contribution in [0.25, 0.3) is 0 Å². The second-order valence-corrected chi connectivity index (χ2v) is 6.97. The molecule has 1 aromatic carbocycles. The van der Waals surface area contributed by atoms with Crippen LogP contribution in [0.4, 0.5) is 0 Å². The Kier molecular flexibility index (Phi) is 7.34. The lowest BCUT2D eigenvalue weighted by atomic mass is 10.0. The van der Waals surface area contributed by atoms with E-state index in [1.807, 2.05) is 12.1 Å². The fourth-order valence-corrected chi connectivity index (χ4v) is 3.46. The minimum Gasteiger partial charge on any atom is -0.497 e. The van der Waals surface area contributed by atoms with Crippen LogP contribution in [0.5, 0.6) is 11.5 Å². The molecule has 1 aliphatic heterocycles. The first kappa shape index (κ1) is 19.0. The largest absolute Gasteiger partial charge is 0.497 e. The van der Waals surface area contributed by atoms with Crippen LogP contribution in [0.2, 0.25) is 0 Å². The maximum Gasteiger partial charge on any atom is 0.127 e. The van der Waals surface area contributed by atoms with Crippen LogP contribution in [-0.4, -0.2) is 68.0 Å². The van der Waals surface area contributed by atoms with Crippen molar-refractivity contribution in [3.63, 3.8) is 0 Å². The van der Waals surface area contributed by atoms with Gasteiger partial charge in [0.25, 0.3) is 0 Å². The van der Waals surface area contributed by atoms with Crippen molar-refractivity contribution in [1.29, 1.82) is 0 Å². The summed E-state index contributed by atoms with van der Waals surface area (Å²) in [4.78, 5) is 4.99. The topological polar surface area (TPSA) is 45.2 Å². The number of nitrogens with zero attached hydrogens (tertiary/aromatic N) is 2. The Balaban J connectivity index is 2.03. The fourth-order valence-electron chi connectivity index (χ4n) is 3.46. The van der Waals surface area contributed by atoms with Crippen LogP contribution in [0.1, 0.15) is 25.8 Å². The van der Waals surface area contributed by atoms with Gasteiger partial charge in [-0.2, -0.15) is 0 Å². The van der Waals surface area contributed by atoms with Gasteiger partial charge in [0.05, 0.1) is 14.2 Å². The summed E-state index contributed by atoms with van der Waals surface area (Å²) in [6, 6.07) is 6.43. The van der Waals surface area contributed by atoms with E-state index in [0.29, 0.717) is 12.0 Å². The van der Waals surface area contributed by atoms with Crippen molar-refractivity contribution >= 4 is 0 Å². The van der Waals surface area contributed by atoms with Gasteiger partial charge in [-0.15, -0.1) is 0 Å². The molecule has 1 aliphatic rings. The van der Waals surface area contributed by atoms with Crippen LogP contribution in [0.3, 0.4) is 0 Å². The zero-order chi connectivity index (χ0) is 17.5. The standard InChI is InChI=1S/C19H32N2O3/c1-15(2)12-21-9-8-20(14-17(21)7-10-22)13-16-5-6-18(23-3)11-19(16)24-4/h5-6,11,15,17,22H,7-10,12-14H2,1-4H3/t17-/m0/s1. The number of benzene rings is 1. The number of piperazine rings is 1. The van der Waals surface area contributed by atoms with E-state index >= 15 is 0 Å². The summed E-state index contributed by atoms with van der Waals surface area (Å²) in [6.45, 7) is 9.82. The molecule has 5 nitrogen and oxygen atoms in total. The summed E-state index contributed by atoms with van der Waals surface area (Å²) in [6.07, 6.45) is 0.836. The Bertz CT molecular complexity index is 507. The molecule has 0 spiro atoms.